The predicted molar refractivity (Wildman–Crippen MR) is 131 cm³/mol. The SMILES string of the molecule is Cc1ccccc1C1=N/C(=C\c2cc(Br)c(OCc3cccc([N+](=O)[O-])c3)c(Br)c2)C(=O)O1. The van der Waals surface area contributed by atoms with E-state index in [-0.39, 0.29) is 23.9 Å². The van der Waals surface area contributed by atoms with E-state index in [1.807, 2.05) is 31.2 Å². The highest BCUT2D eigenvalue weighted by atomic mass is 79.9. The third-order valence-corrected chi connectivity index (χ3v) is 6.00. The molecule has 0 amide bonds. The van der Waals surface area contributed by atoms with Crippen LogP contribution in [0.5, 0.6) is 5.75 Å². The average Bonchev–Trinajstić information content (AvgIpc) is 3.13. The van der Waals surface area contributed by atoms with Crippen LogP contribution < -0.4 is 4.74 Å². The van der Waals surface area contributed by atoms with Gasteiger partial charge in [0.25, 0.3) is 5.69 Å². The number of rotatable bonds is 6. The molecule has 0 bridgehead atoms. The second kappa shape index (κ2) is 9.68. The Kier molecular flexibility index (Phi) is 6.71. The summed E-state index contributed by atoms with van der Waals surface area (Å²) in [6, 6.07) is 17.4. The van der Waals surface area contributed by atoms with Crippen molar-refractivity contribution in [3.8, 4) is 5.75 Å². The molecule has 0 radical (unpaired) electrons. The highest BCUT2D eigenvalue weighted by Crippen LogP contribution is 2.36. The van der Waals surface area contributed by atoms with Gasteiger partial charge in [0.15, 0.2) is 5.70 Å². The number of esters is 1. The first-order valence-corrected chi connectivity index (χ1v) is 11.3. The summed E-state index contributed by atoms with van der Waals surface area (Å²) in [7, 11) is 0. The number of benzene rings is 3. The number of non-ortho nitro benzene ring substituents is 1. The molecule has 0 aliphatic carbocycles. The quantitative estimate of drug-likeness (QED) is 0.149. The molecular formula is C24H16Br2N2O5. The van der Waals surface area contributed by atoms with Crippen LogP contribution in [0.3, 0.4) is 0 Å². The molecule has 0 unspecified atom stereocenters. The molecule has 0 spiro atoms. The molecule has 1 aliphatic rings. The number of halogens is 2. The number of nitrogens with zero attached hydrogens (tertiary/aromatic N) is 2. The second-order valence-corrected chi connectivity index (χ2v) is 8.89. The van der Waals surface area contributed by atoms with Crippen molar-refractivity contribution in [3.63, 3.8) is 0 Å². The molecule has 0 saturated carbocycles. The average molecular weight is 572 g/mol. The summed E-state index contributed by atoms with van der Waals surface area (Å²) in [4.78, 5) is 27.2. The van der Waals surface area contributed by atoms with E-state index in [0.29, 0.717) is 25.8 Å². The Bertz CT molecular complexity index is 1310. The fraction of sp³-hybridized carbons (Fsp3) is 0.0833. The number of carbonyl (C=O) groups excluding carboxylic acids is 1. The lowest BCUT2D eigenvalue weighted by Gasteiger charge is -2.11. The Morgan fingerprint density at radius 1 is 1.09 bits per heavy atom. The number of cyclic esters (lactones) is 1. The van der Waals surface area contributed by atoms with Gasteiger partial charge in [-0.15, -0.1) is 0 Å². The van der Waals surface area contributed by atoms with E-state index in [0.717, 1.165) is 11.1 Å². The van der Waals surface area contributed by atoms with Crippen LogP contribution in [0.1, 0.15) is 22.3 Å². The minimum Gasteiger partial charge on any atom is -0.487 e. The summed E-state index contributed by atoms with van der Waals surface area (Å²) in [5.41, 5.74) is 3.30. The zero-order valence-electron chi connectivity index (χ0n) is 17.2. The number of carbonyl (C=O) groups is 1. The van der Waals surface area contributed by atoms with E-state index in [2.05, 4.69) is 36.9 Å². The van der Waals surface area contributed by atoms with E-state index in [9.17, 15) is 14.9 Å². The third kappa shape index (κ3) is 5.20. The molecule has 1 heterocycles. The number of nitro groups is 1. The van der Waals surface area contributed by atoms with Crippen molar-refractivity contribution in [1.29, 1.82) is 0 Å². The van der Waals surface area contributed by atoms with Crippen molar-refractivity contribution >= 4 is 55.5 Å². The monoisotopic (exact) mass is 570 g/mol. The molecule has 33 heavy (non-hydrogen) atoms. The Hall–Kier alpha value is -3.30. The van der Waals surface area contributed by atoms with E-state index < -0.39 is 10.9 Å². The Labute approximate surface area is 206 Å². The summed E-state index contributed by atoms with van der Waals surface area (Å²) in [5.74, 6) is 0.285. The number of hydrogen-bond acceptors (Lipinski definition) is 6. The first-order valence-electron chi connectivity index (χ1n) is 9.75. The van der Waals surface area contributed by atoms with E-state index >= 15 is 0 Å². The van der Waals surface area contributed by atoms with Crippen molar-refractivity contribution in [2.24, 2.45) is 4.99 Å². The lowest BCUT2D eigenvalue weighted by molar-refractivity contribution is -0.384. The van der Waals surface area contributed by atoms with Gasteiger partial charge in [-0.05, 0) is 79.7 Å². The minimum absolute atomic E-state index is 0.00488. The molecule has 0 fully saturated rings. The number of aryl methyl sites for hydroxylation is 1. The maximum Gasteiger partial charge on any atom is 0.363 e. The highest BCUT2D eigenvalue weighted by molar-refractivity contribution is 9.11. The van der Waals surface area contributed by atoms with Gasteiger partial charge in [0.1, 0.15) is 12.4 Å². The van der Waals surface area contributed by atoms with Crippen LogP contribution in [0.15, 0.2) is 80.3 Å². The lowest BCUT2D eigenvalue weighted by atomic mass is 10.1. The fourth-order valence-electron chi connectivity index (χ4n) is 3.21. The van der Waals surface area contributed by atoms with Gasteiger partial charge in [0.2, 0.25) is 5.90 Å². The van der Waals surface area contributed by atoms with Crippen LogP contribution in [0.2, 0.25) is 0 Å². The largest absolute Gasteiger partial charge is 0.487 e. The molecule has 0 atom stereocenters. The molecule has 9 heteroatoms. The van der Waals surface area contributed by atoms with E-state index in [4.69, 9.17) is 9.47 Å². The van der Waals surface area contributed by atoms with Crippen molar-refractivity contribution in [2.75, 3.05) is 0 Å². The molecule has 7 nitrogen and oxygen atoms in total. The molecule has 0 aromatic heterocycles. The Morgan fingerprint density at radius 3 is 2.52 bits per heavy atom. The maximum atomic E-state index is 12.3. The zero-order valence-corrected chi connectivity index (χ0v) is 20.4. The topological polar surface area (TPSA) is 91.0 Å². The first-order chi connectivity index (χ1) is 15.8. The maximum absolute atomic E-state index is 12.3. The summed E-state index contributed by atoms with van der Waals surface area (Å²) in [6.45, 7) is 2.07. The first kappa shape index (κ1) is 22.9. The van der Waals surface area contributed by atoms with Crippen LogP contribution in [-0.4, -0.2) is 16.8 Å². The van der Waals surface area contributed by atoms with Crippen molar-refractivity contribution in [3.05, 3.63) is 108 Å². The molecule has 4 rings (SSSR count). The van der Waals surface area contributed by atoms with Gasteiger partial charge in [0.05, 0.1) is 13.9 Å². The second-order valence-electron chi connectivity index (χ2n) is 7.18. The van der Waals surface area contributed by atoms with Crippen LogP contribution in [0.4, 0.5) is 5.69 Å². The molecule has 0 N–H and O–H groups in total. The van der Waals surface area contributed by atoms with Gasteiger partial charge >= 0.3 is 5.97 Å². The fourth-order valence-corrected chi connectivity index (χ4v) is 4.66. The van der Waals surface area contributed by atoms with Crippen molar-refractivity contribution < 1.29 is 19.2 Å². The van der Waals surface area contributed by atoms with Crippen molar-refractivity contribution in [1.82, 2.24) is 0 Å². The van der Waals surface area contributed by atoms with Gasteiger partial charge in [-0.2, -0.15) is 0 Å². The van der Waals surface area contributed by atoms with E-state index in [1.54, 1.807) is 30.3 Å². The molecule has 0 saturated heterocycles. The van der Waals surface area contributed by atoms with Gasteiger partial charge in [-0.25, -0.2) is 9.79 Å². The predicted octanol–water partition coefficient (Wildman–Crippen LogP) is 6.35. The molecule has 3 aromatic carbocycles. The van der Waals surface area contributed by atoms with Gasteiger partial charge in [0, 0.05) is 17.7 Å². The van der Waals surface area contributed by atoms with Gasteiger partial charge < -0.3 is 9.47 Å². The molecule has 3 aromatic rings. The molecule has 1 aliphatic heterocycles. The van der Waals surface area contributed by atoms with Crippen LogP contribution >= 0.6 is 31.9 Å². The Morgan fingerprint density at radius 2 is 1.82 bits per heavy atom. The van der Waals surface area contributed by atoms with E-state index in [1.165, 1.54) is 12.1 Å². The summed E-state index contributed by atoms with van der Waals surface area (Å²) < 4.78 is 12.5. The zero-order chi connectivity index (χ0) is 23.5. The standard InChI is InChI=1S/C24H16Br2N2O5/c1-14-5-2-3-8-18(14)23-27-21(24(29)33-23)12-16-10-19(25)22(20(26)11-16)32-13-15-6-4-7-17(9-15)28(30)31/h2-12H,13H2,1H3/b21-12-. The Balaban J connectivity index is 1.55. The summed E-state index contributed by atoms with van der Waals surface area (Å²) in [5, 5.41) is 11.0. The van der Waals surface area contributed by atoms with Crippen molar-refractivity contribution in [2.45, 2.75) is 13.5 Å². The summed E-state index contributed by atoms with van der Waals surface area (Å²) >= 11 is 6.97. The van der Waals surface area contributed by atoms with Crippen LogP contribution in [-0.2, 0) is 16.1 Å². The number of ether oxygens (including phenoxy) is 2. The normalized spacial score (nSPS) is 14.2. The third-order valence-electron chi connectivity index (χ3n) is 4.82. The minimum atomic E-state index is -0.522. The smallest absolute Gasteiger partial charge is 0.363 e. The number of nitro benzene ring substituents is 1. The molecular weight excluding hydrogens is 556 g/mol. The van der Waals surface area contributed by atoms with Gasteiger partial charge in [-0.1, -0.05) is 30.3 Å². The number of hydrogen-bond donors (Lipinski definition) is 0. The van der Waals surface area contributed by atoms with Crippen LogP contribution in [0, 0.1) is 17.0 Å². The number of aliphatic imine (C=N–C) groups is 1. The summed E-state index contributed by atoms with van der Waals surface area (Å²) in [6.07, 6.45) is 1.63. The van der Waals surface area contributed by atoms with Crippen LogP contribution in [0.25, 0.3) is 6.08 Å². The molecule has 166 valence electrons. The lowest BCUT2D eigenvalue weighted by Crippen LogP contribution is -2.06. The highest BCUT2D eigenvalue weighted by Gasteiger charge is 2.25. The van der Waals surface area contributed by atoms with Gasteiger partial charge in [-0.3, -0.25) is 10.1 Å².